The van der Waals surface area contributed by atoms with Gasteiger partial charge in [0.25, 0.3) is 0 Å². The summed E-state index contributed by atoms with van der Waals surface area (Å²) in [5, 5.41) is 5.09. The van der Waals surface area contributed by atoms with Crippen molar-refractivity contribution in [1.82, 2.24) is 0 Å². The second kappa shape index (κ2) is 21.7. The van der Waals surface area contributed by atoms with Gasteiger partial charge in [-0.25, -0.2) is 0 Å². The number of fused-ring (bicyclic) bond motifs is 24. The molecule has 14 aromatic rings. The van der Waals surface area contributed by atoms with Crippen molar-refractivity contribution in [3.63, 3.8) is 0 Å². The van der Waals surface area contributed by atoms with Crippen molar-refractivity contribution in [2.24, 2.45) is 0 Å². The summed E-state index contributed by atoms with van der Waals surface area (Å²) in [7, 11) is -0.353. The first-order chi connectivity index (χ1) is 43.4. The Morgan fingerprint density at radius 2 is 0.523 bits per heavy atom. The third-order valence-corrected chi connectivity index (χ3v) is 19.1. The molecule has 18 rings (SSSR count). The Balaban J connectivity index is 0.00000146. The first-order valence-electron chi connectivity index (χ1n) is 29.7. The van der Waals surface area contributed by atoms with Gasteiger partial charge in [0, 0.05) is 34.1 Å². The monoisotopic (exact) mass is 1570 g/mol. The predicted molar refractivity (Wildman–Crippen MR) is 405 cm³/mol. The summed E-state index contributed by atoms with van der Waals surface area (Å²) in [5.74, 6) is 0. The van der Waals surface area contributed by atoms with Gasteiger partial charge in [-0.05, 0) is 194 Å². The van der Waals surface area contributed by atoms with E-state index in [-0.39, 0.29) is 7.89 Å². The van der Waals surface area contributed by atoms with E-state index >= 15 is 0 Å². The van der Waals surface area contributed by atoms with Crippen LogP contribution < -0.4 is 9.80 Å². The fraction of sp³-hybridized carbons (Fsp3) is 0.0244. The van der Waals surface area contributed by atoms with E-state index in [1.807, 2.05) is 0 Å². The van der Waals surface area contributed by atoms with Crippen molar-refractivity contribution in [1.29, 1.82) is 0 Å². The molecule has 0 bridgehead atoms. The minimum absolute atomic E-state index is 0.353. The zero-order valence-corrected chi connectivity index (χ0v) is 56.1. The Kier molecular flexibility index (Phi) is 13.4. The molecular weight excluding hydrogens is 1520 g/mol. The molecule has 0 fully saturated rings. The summed E-state index contributed by atoms with van der Waals surface area (Å²) in [5.41, 5.74) is 29.1. The van der Waals surface area contributed by atoms with Crippen LogP contribution in [0, 0.1) is 0 Å². The first-order valence-corrected chi connectivity index (χ1v) is 48.6. The molecule has 418 valence electrons. The second-order valence-electron chi connectivity index (χ2n) is 23.2. The molecule has 14 aromatic carbocycles. The minimum Gasteiger partial charge on any atom is -0.310 e. The number of benzene rings is 14. The van der Waals surface area contributed by atoms with Crippen LogP contribution in [0.2, 0.25) is 0 Å². The van der Waals surface area contributed by atoms with Crippen molar-refractivity contribution in [3.05, 3.63) is 360 Å². The second-order valence-corrected chi connectivity index (χ2v) is 71.9. The largest absolute Gasteiger partial charge is 0.310 e. The average Bonchev–Trinajstić information content (AvgIpc) is 1.52. The van der Waals surface area contributed by atoms with E-state index in [0.29, 0.717) is 0 Å². The number of nitrogens with zero attached hydrogens (tertiary/aromatic N) is 2. The van der Waals surface area contributed by atoms with E-state index in [2.05, 4.69) is 381 Å². The third-order valence-electron chi connectivity index (χ3n) is 19.1. The maximum Gasteiger partial charge on any atom is 0.0726 e. The van der Waals surface area contributed by atoms with Gasteiger partial charge in [0.1, 0.15) is 0 Å². The number of halogens is 4. The molecule has 88 heavy (non-hydrogen) atoms. The molecule has 4 aliphatic carbocycles. The van der Waals surface area contributed by atoms with E-state index < -0.39 is 10.8 Å². The first kappa shape index (κ1) is 54.3. The summed E-state index contributed by atoms with van der Waals surface area (Å²) in [6, 6.07) is 118. The molecular formula is C82H52I4N2. The fourth-order valence-electron chi connectivity index (χ4n) is 15.7. The fourth-order valence-corrected chi connectivity index (χ4v) is 15.7. The van der Waals surface area contributed by atoms with Crippen molar-refractivity contribution >= 4 is 119 Å². The summed E-state index contributed by atoms with van der Waals surface area (Å²) >= 11 is 7.42. The van der Waals surface area contributed by atoms with Crippen LogP contribution in [0.15, 0.2) is 315 Å². The molecule has 0 unspecified atom stereocenters. The number of hydrogen-bond acceptors (Lipinski definition) is 2. The van der Waals surface area contributed by atoms with Gasteiger partial charge in [-0.15, -0.1) is 0 Å². The van der Waals surface area contributed by atoms with Gasteiger partial charge >= 0.3 is 63.7 Å². The average molecular weight is 1570 g/mol. The topological polar surface area (TPSA) is 6.48 Å². The van der Waals surface area contributed by atoms with Gasteiger partial charge in [-0.1, -0.05) is 243 Å². The molecule has 0 amide bonds. The summed E-state index contributed by atoms with van der Waals surface area (Å²) < 4.78 is 0. The van der Waals surface area contributed by atoms with Crippen molar-refractivity contribution in [2.75, 3.05) is 9.80 Å². The smallest absolute Gasteiger partial charge is 0.0726 e. The van der Waals surface area contributed by atoms with Crippen molar-refractivity contribution in [3.8, 4) is 55.6 Å². The normalized spacial score (nSPS) is 13.6. The molecule has 6 heteroatoms. The van der Waals surface area contributed by atoms with E-state index in [9.17, 15) is 0 Å². The van der Waals surface area contributed by atoms with Crippen LogP contribution in [0.25, 0.3) is 77.2 Å². The van der Waals surface area contributed by atoms with Gasteiger partial charge in [0.2, 0.25) is 0 Å². The number of rotatable bonds is 7. The quantitative estimate of drug-likeness (QED) is 0.147. The summed E-state index contributed by atoms with van der Waals surface area (Å²) in [6.07, 6.45) is 0. The maximum absolute atomic E-state index is 2.49. The van der Waals surface area contributed by atoms with Gasteiger partial charge in [0.05, 0.1) is 10.8 Å². The van der Waals surface area contributed by atoms with Gasteiger partial charge in [-0.3, -0.25) is 0 Å². The molecule has 4 aliphatic rings. The molecule has 2 nitrogen and oxygen atoms in total. The Hall–Kier alpha value is -7.88. The van der Waals surface area contributed by atoms with Crippen molar-refractivity contribution < 1.29 is 0 Å². The van der Waals surface area contributed by atoms with Gasteiger partial charge in [0.15, 0.2) is 0 Å². The third kappa shape index (κ3) is 8.19. The maximum atomic E-state index is 2.49. The molecule has 0 atom stereocenters. The molecule has 0 aromatic heterocycles. The number of hydrogen-bond donors (Lipinski definition) is 0. The standard InChI is InChI=1S/C82H52N2.I4/c1-3-21-57(22-4-1)83(61-45-47-69-77(51-61)81(75-49-39-55-19-7-9-25-63(55)79(69)75)71-31-15-11-27-65(71)66-28-12-16-32-72(66)81)59-41-35-53(36-42-59)54-37-43-60(44-38-54)84(58-23-5-2-6-24-58)62-46-48-70-78(52-62)82(76-50-40-56-20-8-10-26-64(56)80(70)76)73-33-17-13-29-67(73)68-30-14-18-34-74(68)82;1-4(2)3/h1-52H;. The van der Waals surface area contributed by atoms with Crippen LogP contribution in [0.3, 0.4) is 0 Å². The van der Waals surface area contributed by atoms with Crippen LogP contribution in [0.4, 0.5) is 34.1 Å². The summed E-state index contributed by atoms with van der Waals surface area (Å²) in [6.45, 7) is 0. The number of anilines is 6. The Morgan fingerprint density at radius 3 is 0.886 bits per heavy atom. The molecule has 2 spiro atoms. The zero-order valence-electron chi connectivity index (χ0n) is 47.4. The molecule has 0 saturated carbocycles. The van der Waals surface area contributed by atoms with E-state index in [0.717, 1.165) is 45.3 Å². The minimum atomic E-state index is -0.481. The van der Waals surface area contributed by atoms with Crippen LogP contribution in [0.1, 0.15) is 44.5 Å². The molecule has 0 saturated heterocycles. The predicted octanol–water partition coefficient (Wildman–Crippen LogP) is 24.8. The van der Waals surface area contributed by atoms with Crippen LogP contribution in [-0.4, -0.2) is 0 Å². The van der Waals surface area contributed by atoms with E-state index in [1.165, 1.54) is 111 Å². The van der Waals surface area contributed by atoms with E-state index in [1.54, 1.807) is 0 Å². The molecule has 0 radical (unpaired) electrons. The molecule has 0 heterocycles. The molecule has 0 aliphatic heterocycles. The number of para-hydroxylation sites is 2. The van der Waals surface area contributed by atoms with Crippen molar-refractivity contribution in [2.45, 2.75) is 10.8 Å². The summed E-state index contributed by atoms with van der Waals surface area (Å²) in [4.78, 5) is 4.86. The molecule has 0 N–H and O–H groups in total. The van der Waals surface area contributed by atoms with Crippen LogP contribution in [-0.2, 0) is 10.8 Å². The van der Waals surface area contributed by atoms with E-state index in [4.69, 9.17) is 0 Å². The van der Waals surface area contributed by atoms with Gasteiger partial charge in [-0.2, -0.15) is 0 Å². The van der Waals surface area contributed by atoms with Crippen LogP contribution >= 0.6 is 63.7 Å². The zero-order chi connectivity index (χ0) is 58.7. The Labute approximate surface area is 549 Å². The Bertz CT molecular complexity index is 4690. The Morgan fingerprint density at radius 1 is 0.227 bits per heavy atom. The van der Waals surface area contributed by atoms with Crippen LogP contribution in [0.5, 0.6) is 0 Å². The van der Waals surface area contributed by atoms with Gasteiger partial charge < -0.3 is 9.80 Å². The SMILES string of the molecule is II(I)I.c1ccc(N(c2ccc(-c3ccc(N(c4ccccc4)c4ccc5c(c4)C4(c6ccccc6-c6ccccc64)c4ccc6ccccc6c4-5)cc3)cc2)c2ccc3c(c2)C2(c4ccccc4-c4ccccc42)c2ccc4ccccc4c2-3)cc1.